The zero-order valence-corrected chi connectivity index (χ0v) is 13.3. The van der Waals surface area contributed by atoms with Crippen LogP contribution >= 0.6 is 0 Å². The normalized spacial score (nSPS) is 12.2. The van der Waals surface area contributed by atoms with Crippen LogP contribution in [-0.2, 0) is 0 Å². The molecule has 0 fully saturated rings. The summed E-state index contributed by atoms with van der Waals surface area (Å²) in [6.45, 7) is 0.200. The molecule has 4 rings (SSSR count). The van der Waals surface area contributed by atoms with Gasteiger partial charge in [0.15, 0.2) is 11.5 Å². The Hall–Kier alpha value is -3.15. The van der Waals surface area contributed by atoms with Crippen LogP contribution in [0.2, 0.25) is 0 Å². The minimum Gasteiger partial charge on any atom is -0.497 e. The van der Waals surface area contributed by atoms with E-state index >= 15 is 0 Å². The maximum atomic E-state index is 5.51. The van der Waals surface area contributed by atoms with E-state index in [1.165, 1.54) is 0 Å². The minimum absolute atomic E-state index is 0.200. The Morgan fingerprint density at radius 1 is 1.00 bits per heavy atom. The van der Waals surface area contributed by atoms with Gasteiger partial charge in [0.25, 0.3) is 0 Å². The molecule has 2 heterocycles. The van der Waals surface area contributed by atoms with Crippen molar-refractivity contribution >= 4 is 0 Å². The number of nitrogens with one attached hydrogen (secondary N) is 1. The smallest absolute Gasteiger partial charge is 0.231 e. The highest BCUT2D eigenvalue weighted by atomic mass is 16.7. The van der Waals surface area contributed by atoms with Crippen molar-refractivity contribution in [1.82, 2.24) is 10.2 Å². The van der Waals surface area contributed by atoms with Crippen LogP contribution in [0.1, 0.15) is 0 Å². The van der Waals surface area contributed by atoms with Crippen molar-refractivity contribution in [2.24, 2.45) is 0 Å². The highest BCUT2D eigenvalue weighted by Gasteiger charge is 2.22. The maximum absolute atomic E-state index is 5.51. The first-order valence-electron chi connectivity index (χ1n) is 7.46. The van der Waals surface area contributed by atoms with Gasteiger partial charge in [0, 0.05) is 11.1 Å². The van der Waals surface area contributed by atoms with Crippen LogP contribution in [0.3, 0.4) is 0 Å². The molecule has 1 aliphatic heterocycles. The van der Waals surface area contributed by atoms with E-state index in [9.17, 15) is 0 Å². The van der Waals surface area contributed by atoms with Crippen molar-refractivity contribution in [2.45, 2.75) is 0 Å². The van der Waals surface area contributed by atoms with Crippen LogP contribution < -0.4 is 18.9 Å². The number of H-pyrrole nitrogens is 1. The lowest BCUT2D eigenvalue weighted by molar-refractivity contribution is 0.171. The molecule has 0 saturated heterocycles. The Labute approximate surface area is 138 Å². The molecule has 0 aliphatic carbocycles. The first-order valence-corrected chi connectivity index (χ1v) is 7.46. The molecule has 6 nitrogen and oxygen atoms in total. The highest BCUT2D eigenvalue weighted by Crippen LogP contribution is 2.45. The fourth-order valence-electron chi connectivity index (χ4n) is 2.77. The summed E-state index contributed by atoms with van der Waals surface area (Å²) >= 11 is 0. The van der Waals surface area contributed by atoms with Gasteiger partial charge in [-0.05, 0) is 42.0 Å². The predicted octanol–water partition coefficient (Wildman–Crippen LogP) is 3.49. The third kappa shape index (κ3) is 2.32. The third-order valence-electron chi connectivity index (χ3n) is 3.99. The second-order valence-corrected chi connectivity index (χ2v) is 5.30. The van der Waals surface area contributed by atoms with E-state index in [2.05, 4.69) is 10.2 Å². The summed E-state index contributed by atoms with van der Waals surface area (Å²) < 4.78 is 21.6. The van der Waals surface area contributed by atoms with Crippen LogP contribution in [0.15, 0.2) is 42.6 Å². The van der Waals surface area contributed by atoms with E-state index in [0.717, 1.165) is 28.1 Å². The predicted molar refractivity (Wildman–Crippen MR) is 88.7 cm³/mol. The van der Waals surface area contributed by atoms with Crippen molar-refractivity contribution < 1.29 is 18.9 Å². The van der Waals surface area contributed by atoms with E-state index in [-0.39, 0.29) is 6.79 Å². The highest BCUT2D eigenvalue weighted by molar-refractivity contribution is 5.82. The molecule has 2 aromatic carbocycles. The van der Waals surface area contributed by atoms with Gasteiger partial charge >= 0.3 is 0 Å². The topological polar surface area (TPSA) is 65.6 Å². The first-order chi connectivity index (χ1) is 11.8. The molecule has 0 amide bonds. The molecule has 0 spiro atoms. The number of aromatic amines is 1. The van der Waals surface area contributed by atoms with Crippen LogP contribution in [0.4, 0.5) is 0 Å². The monoisotopic (exact) mass is 324 g/mol. The lowest BCUT2D eigenvalue weighted by Crippen LogP contribution is -1.93. The van der Waals surface area contributed by atoms with Gasteiger partial charge in [-0.15, -0.1) is 0 Å². The lowest BCUT2D eigenvalue weighted by Gasteiger charge is -2.09. The second-order valence-electron chi connectivity index (χ2n) is 5.30. The number of rotatable bonds is 4. The van der Waals surface area contributed by atoms with E-state index in [4.69, 9.17) is 18.9 Å². The molecule has 6 heteroatoms. The van der Waals surface area contributed by atoms with Gasteiger partial charge in [-0.25, -0.2) is 0 Å². The number of benzene rings is 2. The van der Waals surface area contributed by atoms with Gasteiger partial charge in [0.1, 0.15) is 5.75 Å². The van der Waals surface area contributed by atoms with Gasteiger partial charge in [-0.1, -0.05) is 0 Å². The SMILES string of the molecule is COc1ccc(-c2[nH]ncc2-c2cc(OC)c3c(c2)OCO3)cc1. The number of hydrogen-bond donors (Lipinski definition) is 1. The van der Waals surface area contributed by atoms with Gasteiger partial charge in [-0.3, -0.25) is 5.10 Å². The first kappa shape index (κ1) is 14.4. The average Bonchev–Trinajstić information content (AvgIpc) is 3.29. The molecule has 24 heavy (non-hydrogen) atoms. The summed E-state index contributed by atoms with van der Waals surface area (Å²) in [6.07, 6.45) is 1.79. The Morgan fingerprint density at radius 3 is 2.58 bits per heavy atom. The molecule has 1 aliphatic rings. The summed E-state index contributed by atoms with van der Waals surface area (Å²) in [7, 11) is 3.26. The summed E-state index contributed by atoms with van der Waals surface area (Å²) in [5.74, 6) is 2.76. The number of hydrogen-bond acceptors (Lipinski definition) is 5. The van der Waals surface area contributed by atoms with Crippen molar-refractivity contribution in [3.8, 4) is 45.4 Å². The zero-order chi connectivity index (χ0) is 16.5. The fraction of sp³-hybridized carbons (Fsp3) is 0.167. The summed E-state index contributed by atoms with van der Waals surface area (Å²) in [5, 5.41) is 7.26. The van der Waals surface area contributed by atoms with E-state index in [1.807, 2.05) is 36.4 Å². The lowest BCUT2D eigenvalue weighted by atomic mass is 10.0. The quantitative estimate of drug-likeness (QED) is 0.796. The van der Waals surface area contributed by atoms with Crippen LogP contribution in [0.5, 0.6) is 23.0 Å². The molecule has 122 valence electrons. The number of ether oxygens (including phenoxy) is 4. The molecule has 0 saturated carbocycles. The van der Waals surface area contributed by atoms with Gasteiger partial charge in [0.05, 0.1) is 26.1 Å². The molecular formula is C18H16N2O4. The Kier molecular flexibility index (Phi) is 3.49. The third-order valence-corrected chi connectivity index (χ3v) is 3.99. The molecule has 0 bridgehead atoms. The summed E-state index contributed by atoms with van der Waals surface area (Å²) in [5.41, 5.74) is 3.82. The molecular weight excluding hydrogens is 308 g/mol. The van der Waals surface area contributed by atoms with Crippen LogP contribution in [-0.4, -0.2) is 31.2 Å². The molecule has 0 radical (unpaired) electrons. The molecule has 0 atom stereocenters. The minimum atomic E-state index is 0.200. The Morgan fingerprint density at radius 2 is 1.83 bits per heavy atom. The average molecular weight is 324 g/mol. The Balaban J connectivity index is 1.80. The van der Waals surface area contributed by atoms with Crippen molar-refractivity contribution in [3.05, 3.63) is 42.6 Å². The standard InChI is InChI=1S/C18H16N2O4/c1-21-13-5-3-11(4-6-13)17-14(9-19-20-17)12-7-15(22-2)18-16(8-12)23-10-24-18/h3-9H,10H2,1-2H3,(H,19,20). The van der Waals surface area contributed by atoms with Gasteiger partial charge in [-0.2, -0.15) is 5.10 Å². The van der Waals surface area contributed by atoms with Crippen LogP contribution in [0.25, 0.3) is 22.4 Å². The van der Waals surface area contributed by atoms with E-state index in [1.54, 1.807) is 20.4 Å². The fourth-order valence-corrected chi connectivity index (χ4v) is 2.77. The zero-order valence-electron chi connectivity index (χ0n) is 13.3. The number of methoxy groups -OCH3 is 2. The summed E-state index contributed by atoms with van der Waals surface area (Å²) in [4.78, 5) is 0. The Bertz CT molecular complexity index is 871. The number of nitrogens with zero attached hydrogens (tertiary/aromatic N) is 1. The van der Waals surface area contributed by atoms with Crippen molar-refractivity contribution in [2.75, 3.05) is 21.0 Å². The van der Waals surface area contributed by atoms with E-state index in [0.29, 0.717) is 17.2 Å². The number of aromatic nitrogens is 2. The van der Waals surface area contributed by atoms with Crippen molar-refractivity contribution in [3.63, 3.8) is 0 Å². The number of fused-ring (bicyclic) bond motifs is 1. The molecule has 0 unspecified atom stereocenters. The van der Waals surface area contributed by atoms with Crippen molar-refractivity contribution in [1.29, 1.82) is 0 Å². The van der Waals surface area contributed by atoms with E-state index < -0.39 is 0 Å². The largest absolute Gasteiger partial charge is 0.497 e. The molecule has 1 N–H and O–H groups in total. The molecule has 3 aromatic rings. The van der Waals surface area contributed by atoms with Crippen LogP contribution in [0, 0.1) is 0 Å². The second kappa shape index (κ2) is 5.81. The maximum Gasteiger partial charge on any atom is 0.231 e. The molecule has 1 aromatic heterocycles. The van der Waals surface area contributed by atoms with Gasteiger partial charge < -0.3 is 18.9 Å². The summed E-state index contributed by atoms with van der Waals surface area (Å²) in [6, 6.07) is 11.7. The van der Waals surface area contributed by atoms with Gasteiger partial charge in [0.2, 0.25) is 12.5 Å².